The third-order valence-corrected chi connectivity index (χ3v) is 3.98. The molecule has 0 amide bonds. The summed E-state index contributed by atoms with van der Waals surface area (Å²) >= 11 is 0. The van der Waals surface area contributed by atoms with E-state index in [2.05, 4.69) is 10.1 Å². The van der Waals surface area contributed by atoms with Gasteiger partial charge in [-0.05, 0) is 24.3 Å². The largest absolute Gasteiger partial charge is 0.465 e. The van der Waals surface area contributed by atoms with E-state index >= 15 is 0 Å². The summed E-state index contributed by atoms with van der Waals surface area (Å²) in [6, 6.07) is 6.46. The maximum atomic E-state index is 11.2. The van der Waals surface area contributed by atoms with E-state index < -0.39 is 15.8 Å². The van der Waals surface area contributed by atoms with Crippen LogP contribution in [0.2, 0.25) is 0 Å². The Morgan fingerprint density at radius 2 is 2.00 bits per heavy atom. The van der Waals surface area contributed by atoms with Crippen molar-refractivity contribution in [2.24, 2.45) is 0 Å². The van der Waals surface area contributed by atoms with Gasteiger partial charge in [0.25, 0.3) is 0 Å². The number of esters is 1. The van der Waals surface area contributed by atoms with E-state index in [-0.39, 0.29) is 11.8 Å². The molecule has 1 aromatic carbocycles. The van der Waals surface area contributed by atoms with Crippen LogP contribution in [0.5, 0.6) is 0 Å². The first-order valence-electron chi connectivity index (χ1n) is 5.36. The molecule has 0 aromatic heterocycles. The molecular formula is C12H13NO4S. The Bertz CT molecular complexity index is 575. The summed E-state index contributed by atoms with van der Waals surface area (Å²) in [7, 11) is -1.74. The van der Waals surface area contributed by atoms with Crippen LogP contribution in [0, 0.1) is 0 Å². The second-order valence-corrected chi connectivity index (χ2v) is 5.91. The smallest absolute Gasteiger partial charge is 0.337 e. The molecule has 1 aromatic rings. The van der Waals surface area contributed by atoms with Gasteiger partial charge in [0.2, 0.25) is 0 Å². The van der Waals surface area contributed by atoms with Crippen molar-refractivity contribution in [1.29, 1.82) is 0 Å². The van der Waals surface area contributed by atoms with Crippen molar-refractivity contribution >= 4 is 21.5 Å². The average molecular weight is 267 g/mol. The number of benzene rings is 1. The zero-order chi connectivity index (χ0) is 13.2. The predicted octanol–water partition coefficient (Wildman–Crippen LogP) is 1.20. The quantitative estimate of drug-likeness (QED) is 0.833. The van der Waals surface area contributed by atoms with E-state index in [4.69, 9.17) is 0 Å². The molecule has 0 radical (unpaired) electrons. The molecule has 18 heavy (non-hydrogen) atoms. The van der Waals surface area contributed by atoms with Crippen LogP contribution in [0.15, 0.2) is 35.7 Å². The fourth-order valence-corrected chi connectivity index (χ4v) is 2.94. The average Bonchev–Trinajstić information content (AvgIpc) is 2.68. The predicted molar refractivity (Wildman–Crippen MR) is 68.1 cm³/mol. The summed E-state index contributed by atoms with van der Waals surface area (Å²) in [5, 5.41) is 4.28. The normalized spacial score (nSPS) is 20.6. The second kappa shape index (κ2) is 4.81. The summed E-state index contributed by atoms with van der Waals surface area (Å²) in [6.45, 7) is 0. The molecule has 1 aliphatic heterocycles. The van der Waals surface area contributed by atoms with Crippen molar-refractivity contribution in [2.75, 3.05) is 18.2 Å². The van der Waals surface area contributed by atoms with E-state index in [9.17, 15) is 13.2 Å². The summed E-state index contributed by atoms with van der Waals surface area (Å²) < 4.78 is 27.0. The molecule has 0 saturated heterocycles. The minimum absolute atomic E-state index is 0.0613. The number of hydrogen-bond donors (Lipinski definition) is 1. The Morgan fingerprint density at radius 3 is 2.50 bits per heavy atom. The van der Waals surface area contributed by atoms with Crippen molar-refractivity contribution < 1.29 is 17.9 Å². The Labute approximate surface area is 105 Å². The zero-order valence-electron chi connectivity index (χ0n) is 9.79. The van der Waals surface area contributed by atoms with Crippen molar-refractivity contribution in [1.82, 2.24) is 0 Å². The molecule has 96 valence electrons. The number of methoxy groups -OCH3 is 1. The molecule has 0 bridgehead atoms. The zero-order valence-corrected chi connectivity index (χ0v) is 10.6. The highest BCUT2D eigenvalue weighted by Gasteiger charge is 2.21. The Kier molecular flexibility index (Phi) is 3.38. The van der Waals surface area contributed by atoms with Gasteiger partial charge in [-0.2, -0.15) is 0 Å². The highest BCUT2D eigenvalue weighted by Crippen LogP contribution is 2.16. The number of hydrogen-bond acceptors (Lipinski definition) is 5. The number of carbonyl (C=O) groups is 1. The van der Waals surface area contributed by atoms with E-state index in [0.717, 1.165) is 5.69 Å². The van der Waals surface area contributed by atoms with Crippen LogP contribution in [-0.2, 0) is 14.6 Å². The molecule has 2 rings (SSSR count). The van der Waals surface area contributed by atoms with Gasteiger partial charge in [0.1, 0.15) is 0 Å². The molecule has 1 atom stereocenters. The molecule has 5 nitrogen and oxygen atoms in total. The minimum atomic E-state index is -3.06. The number of carbonyl (C=O) groups excluding carboxylic acids is 1. The van der Waals surface area contributed by atoms with Crippen LogP contribution in [0.3, 0.4) is 0 Å². The molecule has 0 fully saturated rings. The van der Waals surface area contributed by atoms with Crippen LogP contribution in [-0.4, -0.2) is 33.3 Å². The van der Waals surface area contributed by atoms with Crippen LogP contribution in [0.1, 0.15) is 10.4 Å². The topological polar surface area (TPSA) is 72.5 Å². The number of rotatable bonds is 3. The van der Waals surface area contributed by atoms with Crippen LogP contribution < -0.4 is 5.32 Å². The van der Waals surface area contributed by atoms with Crippen LogP contribution in [0.4, 0.5) is 5.69 Å². The van der Waals surface area contributed by atoms with Crippen molar-refractivity contribution in [3.63, 3.8) is 0 Å². The molecule has 0 saturated carbocycles. The van der Waals surface area contributed by atoms with E-state index in [1.54, 1.807) is 30.3 Å². The van der Waals surface area contributed by atoms with Gasteiger partial charge in [-0.3, -0.25) is 0 Å². The number of sulfone groups is 1. The first-order valence-corrected chi connectivity index (χ1v) is 7.07. The lowest BCUT2D eigenvalue weighted by Crippen LogP contribution is -2.20. The van der Waals surface area contributed by atoms with E-state index in [0.29, 0.717) is 5.56 Å². The second-order valence-electron chi connectivity index (χ2n) is 3.98. The molecule has 0 spiro atoms. The highest BCUT2D eigenvalue weighted by atomic mass is 32.2. The van der Waals surface area contributed by atoms with E-state index in [1.807, 2.05) is 0 Å². The Hall–Kier alpha value is -1.82. The first kappa shape index (κ1) is 12.6. The SMILES string of the molecule is COC(=O)c1ccc(N[C@H]2C=CS(=O)(=O)C2)cc1. The van der Waals surface area contributed by atoms with Gasteiger partial charge in [-0.25, -0.2) is 13.2 Å². The van der Waals surface area contributed by atoms with Crippen molar-refractivity contribution in [3.05, 3.63) is 41.3 Å². The maximum absolute atomic E-state index is 11.2. The molecular weight excluding hydrogens is 254 g/mol. The lowest BCUT2D eigenvalue weighted by molar-refractivity contribution is 0.0601. The fraction of sp³-hybridized carbons (Fsp3) is 0.250. The van der Waals surface area contributed by atoms with Gasteiger partial charge in [0.05, 0.1) is 24.5 Å². The molecule has 1 heterocycles. The summed E-state index contributed by atoms with van der Waals surface area (Å²) in [5.41, 5.74) is 1.21. The molecule has 6 heteroatoms. The minimum Gasteiger partial charge on any atom is -0.465 e. The van der Waals surface area contributed by atoms with Gasteiger partial charge in [-0.15, -0.1) is 0 Å². The van der Waals surface area contributed by atoms with Gasteiger partial charge in [-0.1, -0.05) is 6.08 Å². The molecule has 0 unspecified atom stereocenters. The first-order chi connectivity index (χ1) is 8.50. The van der Waals surface area contributed by atoms with E-state index in [1.165, 1.54) is 12.5 Å². The monoisotopic (exact) mass is 267 g/mol. The third-order valence-electron chi connectivity index (χ3n) is 2.59. The Balaban J connectivity index is 2.04. The molecule has 0 aliphatic carbocycles. The highest BCUT2D eigenvalue weighted by molar-refractivity contribution is 7.94. The van der Waals surface area contributed by atoms with Gasteiger partial charge < -0.3 is 10.1 Å². The summed E-state index contributed by atoms with van der Waals surface area (Å²) in [6.07, 6.45) is 1.61. The third kappa shape index (κ3) is 2.89. The number of anilines is 1. The summed E-state index contributed by atoms with van der Waals surface area (Å²) in [5.74, 6) is -0.337. The fourth-order valence-electron chi connectivity index (χ4n) is 1.70. The molecule has 1 N–H and O–H groups in total. The maximum Gasteiger partial charge on any atom is 0.337 e. The number of ether oxygens (including phenoxy) is 1. The van der Waals surface area contributed by atoms with Crippen molar-refractivity contribution in [3.8, 4) is 0 Å². The van der Waals surface area contributed by atoms with Gasteiger partial charge >= 0.3 is 5.97 Å². The van der Waals surface area contributed by atoms with Crippen molar-refractivity contribution in [2.45, 2.75) is 6.04 Å². The van der Waals surface area contributed by atoms with Gasteiger partial charge in [0, 0.05) is 11.1 Å². The van der Waals surface area contributed by atoms with Crippen LogP contribution in [0.25, 0.3) is 0 Å². The summed E-state index contributed by atoms with van der Waals surface area (Å²) in [4.78, 5) is 11.2. The lowest BCUT2D eigenvalue weighted by Gasteiger charge is -2.11. The standard InChI is InChI=1S/C12H13NO4S/c1-17-12(14)9-2-4-10(5-3-9)13-11-6-7-18(15,16)8-11/h2-7,11,13H,8H2,1H3/t11-/m0/s1. The van der Waals surface area contributed by atoms with Gasteiger partial charge in [0.15, 0.2) is 9.84 Å². The van der Waals surface area contributed by atoms with Crippen LogP contribution >= 0.6 is 0 Å². The molecule has 1 aliphatic rings. The Morgan fingerprint density at radius 1 is 1.33 bits per heavy atom. The number of nitrogens with one attached hydrogen (secondary N) is 1. The lowest BCUT2D eigenvalue weighted by atomic mass is 10.2.